The standard InChI is InChI=1S/C15H21NO4/c1-11(17)9-16(2)10-13-8-12(5-7-15(18)19)4-6-14(13)20-3/h4-8,11,17H,9-10H2,1-3H3,(H,18,19). The van der Waals surface area contributed by atoms with Gasteiger partial charge in [0.25, 0.3) is 0 Å². The number of hydrogen-bond acceptors (Lipinski definition) is 4. The van der Waals surface area contributed by atoms with Crippen LogP contribution in [0.25, 0.3) is 6.08 Å². The number of nitrogens with zero attached hydrogens (tertiary/aromatic N) is 1. The van der Waals surface area contributed by atoms with Gasteiger partial charge in [0, 0.05) is 24.7 Å². The third kappa shape index (κ3) is 5.42. The Bertz CT molecular complexity index is 483. The van der Waals surface area contributed by atoms with Gasteiger partial charge in [-0.15, -0.1) is 0 Å². The molecule has 0 aromatic heterocycles. The van der Waals surface area contributed by atoms with Crippen LogP contribution in [0.5, 0.6) is 5.75 Å². The monoisotopic (exact) mass is 279 g/mol. The topological polar surface area (TPSA) is 70.0 Å². The predicted molar refractivity (Wildman–Crippen MR) is 77.7 cm³/mol. The van der Waals surface area contributed by atoms with Gasteiger partial charge in [-0.3, -0.25) is 4.90 Å². The lowest BCUT2D eigenvalue weighted by Crippen LogP contribution is -2.26. The molecule has 0 heterocycles. The number of aliphatic hydroxyl groups excluding tert-OH is 1. The molecule has 0 fully saturated rings. The average Bonchev–Trinajstić information content (AvgIpc) is 2.35. The van der Waals surface area contributed by atoms with Crippen molar-refractivity contribution in [3.63, 3.8) is 0 Å². The van der Waals surface area contributed by atoms with Crippen LogP contribution in [0.2, 0.25) is 0 Å². The minimum atomic E-state index is -0.978. The first-order valence-electron chi connectivity index (χ1n) is 6.37. The number of hydrogen-bond donors (Lipinski definition) is 2. The first-order chi connectivity index (χ1) is 9.42. The van der Waals surface area contributed by atoms with Gasteiger partial charge >= 0.3 is 5.97 Å². The van der Waals surface area contributed by atoms with E-state index in [1.807, 2.05) is 24.1 Å². The maximum atomic E-state index is 10.5. The van der Waals surface area contributed by atoms with Gasteiger partial charge in [-0.25, -0.2) is 4.79 Å². The summed E-state index contributed by atoms with van der Waals surface area (Å²) in [7, 11) is 3.51. The lowest BCUT2D eigenvalue weighted by Gasteiger charge is -2.20. The quantitative estimate of drug-likeness (QED) is 0.742. The molecule has 2 N–H and O–H groups in total. The molecule has 0 radical (unpaired) electrons. The molecule has 0 saturated heterocycles. The molecular formula is C15H21NO4. The SMILES string of the molecule is COc1ccc(C=CC(=O)O)cc1CN(C)CC(C)O. The Morgan fingerprint density at radius 3 is 2.75 bits per heavy atom. The van der Waals surface area contributed by atoms with Crippen molar-refractivity contribution >= 4 is 12.0 Å². The second-order valence-corrected chi connectivity index (χ2v) is 4.79. The normalized spacial score (nSPS) is 12.8. The van der Waals surface area contributed by atoms with Crippen LogP contribution in [-0.4, -0.2) is 47.9 Å². The zero-order chi connectivity index (χ0) is 15.1. The highest BCUT2D eigenvalue weighted by atomic mass is 16.5. The van der Waals surface area contributed by atoms with E-state index < -0.39 is 12.1 Å². The summed E-state index contributed by atoms with van der Waals surface area (Å²) >= 11 is 0. The maximum absolute atomic E-state index is 10.5. The molecule has 0 aliphatic heterocycles. The molecule has 0 saturated carbocycles. The molecule has 1 rings (SSSR count). The summed E-state index contributed by atoms with van der Waals surface area (Å²) in [5.74, 6) is -0.233. The average molecular weight is 279 g/mol. The van der Waals surface area contributed by atoms with Crippen LogP contribution < -0.4 is 4.74 Å². The Morgan fingerprint density at radius 2 is 2.20 bits per heavy atom. The number of carboxylic acid groups (broad SMARTS) is 1. The summed E-state index contributed by atoms with van der Waals surface area (Å²) in [4.78, 5) is 12.5. The molecule has 0 spiro atoms. The van der Waals surface area contributed by atoms with Crippen LogP contribution in [0.15, 0.2) is 24.3 Å². The molecule has 0 aliphatic rings. The van der Waals surface area contributed by atoms with E-state index in [0.29, 0.717) is 13.1 Å². The summed E-state index contributed by atoms with van der Waals surface area (Å²) in [5, 5.41) is 18.0. The number of rotatable bonds is 7. The van der Waals surface area contributed by atoms with Gasteiger partial charge in [0.2, 0.25) is 0 Å². The van der Waals surface area contributed by atoms with Crippen molar-refractivity contribution in [2.75, 3.05) is 20.7 Å². The molecule has 0 bridgehead atoms. The van der Waals surface area contributed by atoms with Crippen LogP contribution in [0, 0.1) is 0 Å². The van der Waals surface area contributed by atoms with Crippen molar-refractivity contribution in [2.45, 2.75) is 19.6 Å². The smallest absolute Gasteiger partial charge is 0.328 e. The Kier molecular flexibility index (Phi) is 6.21. The molecule has 1 aromatic rings. The van der Waals surface area contributed by atoms with Gasteiger partial charge in [0.15, 0.2) is 0 Å². The zero-order valence-electron chi connectivity index (χ0n) is 12.0. The van der Waals surface area contributed by atoms with Crippen LogP contribution in [0.3, 0.4) is 0 Å². The Hall–Kier alpha value is -1.85. The Labute approximate surface area is 119 Å². The highest BCUT2D eigenvalue weighted by Gasteiger charge is 2.09. The van der Waals surface area contributed by atoms with Crippen molar-refractivity contribution in [2.24, 2.45) is 0 Å². The number of carboxylic acids is 1. The fourth-order valence-corrected chi connectivity index (χ4v) is 2.00. The van der Waals surface area contributed by atoms with Crippen molar-refractivity contribution in [1.82, 2.24) is 4.90 Å². The van der Waals surface area contributed by atoms with Gasteiger partial charge < -0.3 is 14.9 Å². The van der Waals surface area contributed by atoms with E-state index in [-0.39, 0.29) is 0 Å². The number of methoxy groups -OCH3 is 1. The summed E-state index contributed by atoms with van der Waals surface area (Å²) in [5.41, 5.74) is 1.75. The van der Waals surface area contributed by atoms with Crippen LogP contribution in [0.4, 0.5) is 0 Å². The minimum absolute atomic E-state index is 0.402. The molecule has 110 valence electrons. The highest BCUT2D eigenvalue weighted by molar-refractivity contribution is 5.85. The van der Waals surface area contributed by atoms with Gasteiger partial charge in [-0.2, -0.15) is 0 Å². The van der Waals surface area contributed by atoms with Crippen molar-refractivity contribution in [1.29, 1.82) is 0 Å². The summed E-state index contributed by atoms with van der Waals surface area (Å²) in [6.07, 6.45) is 2.24. The number of ether oxygens (including phenoxy) is 1. The fourth-order valence-electron chi connectivity index (χ4n) is 2.00. The number of benzene rings is 1. The summed E-state index contributed by atoms with van der Waals surface area (Å²) in [6.45, 7) is 2.90. The molecule has 5 nitrogen and oxygen atoms in total. The predicted octanol–water partition coefficient (Wildman–Crippen LogP) is 1.61. The Morgan fingerprint density at radius 1 is 1.50 bits per heavy atom. The van der Waals surface area contributed by atoms with Crippen LogP contribution in [-0.2, 0) is 11.3 Å². The first kappa shape index (κ1) is 16.2. The van der Waals surface area contributed by atoms with Gasteiger partial charge in [-0.05, 0) is 37.7 Å². The molecule has 0 aliphatic carbocycles. The van der Waals surface area contributed by atoms with Crippen molar-refractivity contribution < 1.29 is 19.7 Å². The van der Waals surface area contributed by atoms with E-state index in [9.17, 15) is 9.90 Å². The van der Waals surface area contributed by atoms with E-state index >= 15 is 0 Å². The largest absolute Gasteiger partial charge is 0.496 e. The third-order valence-electron chi connectivity index (χ3n) is 2.74. The molecule has 1 atom stereocenters. The summed E-state index contributed by atoms with van der Waals surface area (Å²) < 4.78 is 5.30. The fraction of sp³-hybridized carbons (Fsp3) is 0.400. The summed E-state index contributed by atoms with van der Waals surface area (Å²) in [6, 6.07) is 5.50. The second kappa shape index (κ2) is 7.67. The lowest BCUT2D eigenvalue weighted by atomic mass is 10.1. The molecule has 1 aromatic carbocycles. The van der Waals surface area contributed by atoms with Crippen LogP contribution in [0.1, 0.15) is 18.1 Å². The number of aliphatic hydroxyl groups is 1. The zero-order valence-corrected chi connectivity index (χ0v) is 12.0. The second-order valence-electron chi connectivity index (χ2n) is 4.79. The number of carbonyl (C=O) groups is 1. The van der Waals surface area contributed by atoms with Crippen LogP contribution >= 0.6 is 0 Å². The molecule has 1 unspecified atom stereocenters. The van der Waals surface area contributed by atoms with Gasteiger partial charge in [0.1, 0.15) is 5.75 Å². The van der Waals surface area contributed by atoms with E-state index in [1.165, 1.54) is 0 Å². The molecule has 5 heteroatoms. The third-order valence-corrected chi connectivity index (χ3v) is 2.74. The highest BCUT2D eigenvalue weighted by Crippen LogP contribution is 2.22. The van der Waals surface area contributed by atoms with Crippen molar-refractivity contribution in [3.05, 3.63) is 35.4 Å². The number of aliphatic carboxylic acids is 1. The molecular weight excluding hydrogens is 258 g/mol. The van der Waals surface area contributed by atoms with E-state index in [0.717, 1.165) is 23.0 Å². The first-order valence-corrected chi connectivity index (χ1v) is 6.37. The maximum Gasteiger partial charge on any atom is 0.328 e. The minimum Gasteiger partial charge on any atom is -0.496 e. The Balaban J connectivity index is 2.91. The van der Waals surface area contributed by atoms with Gasteiger partial charge in [-0.1, -0.05) is 6.07 Å². The van der Waals surface area contributed by atoms with E-state index in [1.54, 1.807) is 26.2 Å². The lowest BCUT2D eigenvalue weighted by molar-refractivity contribution is -0.131. The van der Waals surface area contributed by atoms with E-state index in [4.69, 9.17) is 9.84 Å². The van der Waals surface area contributed by atoms with Crippen molar-refractivity contribution in [3.8, 4) is 5.75 Å². The molecule has 20 heavy (non-hydrogen) atoms. The van der Waals surface area contributed by atoms with Gasteiger partial charge in [0.05, 0.1) is 13.2 Å². The molecule has 0 amide bonds. The van der Waals surface area contributed by atoms with E-state index in [2.05, 4.69) is 0 Å². The number of likely N-dealkylation sites (N-methyl/N-ethyl adjacent to an activating group) is 1.